The molecule has 116 valence electrons. The van der Waals surface area contributed by atoms with Crippen LogP contribution in [0.3, 0.4) is 0 Å². The Morgan fingerprint density at radius 3 is 2.73 bits per heavy atom. The van der Waals surface area contributed by atoms with E-state index in [1.54, 1.807) is 17.7 Å². The summed E-state index contributed by atoms with van der Waals surface area (Å²) in [5, 5.41) is 12.4. The number of hydrogen-bond acceptors (Lipinski definition) is 5. The number of nitrogens with one attached hydrogen (secondary N) is 1. The highest BCUT2D eigenvalue weighted by molar-refractivity contribution is 5.95. The molecular weight excluding hydrogens is 282 g/mol. The Bertz CT molecular complexity index is 707. The number of rotatable bonds is 3. The van der Waals surface area contributed by atoms with Gasteiger partial charge in [-0.25, -0.2) is 4.79 Å². The predicted molar refractivity (Wildman–Crippen MR) is 81.3 cm³/mol. The largest absolute Gasteiger partial charge is 0.464 e. The Kier molecular flexibility index (Phi) is 4.36. The number of carbonyl (C=O) groups is 2. The Morgan fingerprint density at radius 2 is 2.18 bits per heavy atom. The molecule has 0 fully saturated rings. The first-order valence-electron chi connectivity index (χ1n) is 7.17. The van der Waals surface area contributed by atoms with Crippen LogP contribution in [0.25, 0.3) is 0 Å². The minimum Gasteiger partial charge on any atom is -0.464 e. The van der Waals surface area contributed by atoms with E-state index in [1.165, 1.54) is 6.92 Å². The summed E-state index contributed by atoms with van der Waals surface area (Å²) in [6.07, 6.45) is 1.82. The van der Waals surface area contributed by atoms with Crippen molar-refractivity contribution >= 4 is 17.6 Å². The summed E-state index contributed by atoms with van der Waals surface area (Å²) in [6, 6.07) is 1.51. The number of hydrogen-bond donors (Lipinski definition) is 1. The molecule has 0 bridgehead atoms. The molecule has 2 heterocycles. The molecule has 1 unspecified atom stereocenters. The maximum absolute atomic E-state index is 12.4. The third kappa shape index (κ3) is 2.50. The molecule has 1 aromatic rings. The molecule has 0 amide bonds. The van der Waals surface area contributed by atoms with Crippen molar-refractivity contribution in [1.29, 1.82) is 5.26 Å². The van der Waals surface area contributed by atoms with Crippen molar-refractivity contribution in [1.82, 2.24) is 4.57 Å². The van der Waals surface area contributed by atoms with E-state index in [9.17, 15) is 14.9 Å². The lowest BCUT2D eigenvalue weighted by molar-refractivity contribution is -0.147. The number of anilines is 1. The van der Waals surface area contributed by atoms with Gasteiger partial charge in [0.2, 0.25) is 0 Å². The number of nitriles is 1. The summed E-state index contributed by atoms with van der Waals surface area (Å²) in [5.41, 5.74) is 2.62. The summed E-state index contributed by atoms with van der Waals surface area (Å²) in [4.78, 5) is 24.1. The molecule has 1 aromatic heterocycles. The fraction of sp³-hybridized carbons (Fsp3) is 0.438. The number of esters is 1. The number of ether oxygens (including phenoxy) is 1. The number of allylic oxidation sites excluding steroid dienone is 1. The van der Waals surface area contributed by atoms with Gasteiger partial charge >= 0.3 is 5.97 Å². The third-order valence-electron chi connectivity index (χ3n) is 3.99. The fourth-order valence-electron chi connectivity index (χ4n) is 2.68. The highest BCUT2D eigenvalue weighted by Crippen LogP contribution is 2.35. The molecule has 6 heteroatoms. The lowest BCUT2D eigenvalue weighted by atomic mass is 10.0. The van der Waals surface area contributed by atoms with Crippen LogP contribution in [0.1, 0.15) is 43.1 Å². The van der Waals surface area contributed by atoms with Crippen LogP contribution in [0.15, 0.2) is 11.8 Å². The average molecular weight is 301 g/mol. The molecule has 0 spiro atoms. The van der Waals surface area contributed by atoms with E-state index in [4.69, 9.17) is 4.74 Å². The second-order valence-electron chi connectivity index (χ2n) is 5.26. The number of nitrogens with zero attached hydrogens (tertiary/aromatic N) is 2. The third-order valence-corrected chi connectivity index (χ3v) is 3.99. The molecule has 2 rings (SSSR count). The minimum absolute atomic E-state index is 0.111. The van der Waals surface area contributed by atoms with Gasteiger partial charge in [-0.2, -0.15) is 5.26 Å². The highest BCUT2D eigenvalue weighted by atomic mass is 16.5. The Balaban J connectivity index is 2.63. The van der Waals surface area contributed by atoms with E-state index >= 15 is 0 Å². The van der Waals surface area contributed by atoms with Crippen molar-refractivity contribution in [3.63, 3.8) is 0 Å². The zero-order valence-corrected chi connectivity index (χ0v) is 13.2. The van der Waals surface area contributed by atoms with E-state index in [-0.39, 0.29) is 18.8 Å². The summed E-state index contributed by atoms with van der Waals surface area (Å²) < 4.78 is 6.91. The van der Waals surface area contributed by atoms with Gasteiger partial charge in [-0.1, -0.05) is 0 Å². The van der Waals surface area contributed by atoms with E-state index in [1.807, 2.05) is 13.8 Å². The molecule has 0 saturated heterocycles. The van der Waals surface area contributed by atoms with Gasteiger partial charge in [0.05, 0.1) is 12.2 Å². The van der Waals surface area contributed by atoms with E-state index in [2.05, 4.69) is 11.4 Å². The van der Waals surface area contributed by atoms with E-state index < -0.39 is 12.0 Å². The normalized spacial score (nSPS) is 16.7. The number of ketones is 1. The van der Waals surface area contributed by atoms with Gasteiger partial charge < -0.3 is 14.6 Å². The minimum atomic E-state index is -0.652. The summed E-state index contributed by atoms with van der Waals surface area (Å²) >= 11 is 0. The van der Waals surface area contributed by atoms with Crippen molar-refractivity contribution in [2.45, 2.75) is 40.2 Å². The molecule has 1 aliphatic heterocycles. The molecule has 1 atom stereocenters. The first-order chi connectivity index (χ1) is 10.4. The summed E-state index contributed by atoms with van der Waals surface area (Å²) in [6.45, 7) is 7.16. The van der Waals surface area contributed by atoms with Crippen LogP contribution in [0.5, 0.6) is 0 Å². The molecule has 0 aliphatic carbocycles. The van der Waals surface area contributed by atoms with Gasteiger partial charge in [0.15, 0.2) is 5.78 Å². The lowest BCUT2D eigenvalue weighted by Crippen LogP contribution is -2.24. The Hall–Kier alpha value is -2.55. The standard InChI is InChI=1S/C16H19N3O3/c1-5-22-16(21)14-6-12(11(4)20)8-18-15-13(7-17)9(2)10(3)19(14)15/h8,14,18H,5-6H2,1-4H3. The first-order valence-corrected chi connectivity index (χ1v) is 7.17. The van der Waals surface area contributed by atoms with Gasteiger partial charge in [0.25, 0.3) is 0 Å². The number of aromatic nitrogens is 1. The monoisotopic (exact) mass is 301 g/mol. The van der Waals surface area contributed by atoms with Gasteiger partial charge in [-0.05, 0) is 33.3 Å². The van der Waals surface area contributed by atoms with Gasteiger partial charge in [0.1, 0.15) is 17.9 Å². The van der Waals surface area contributed by atoms with Crippen LogP contribution in [-0.2, 0) is 14.3 Å². The quantitative estimate of drug-likeness (QED) is 0.866. The second-order valence-corrected chi connectivity index (χ2v) is 5.26. The molecular formula is C16H19N3O3. The van der Waals surface area contributed by atoms with Crippen LogP contribution in [-0.4, -0.2) is 22.9 Å². The van der Waals surface area contributed by atoms with Crippen LogP contribution in [0.2, 0.25) is 0 Å². The molecule has 0 saturated carbocycles. The highest BCUT2D eigenvalue weighted by Gasteiger charge is 2.32. The molecule has 0 aromatic carbocycles. The Labute approximate surface area is 129 Å². The van der Waals surface area contributed by atoms with Crippen LogP contribution >= 0.6 is 0 Å². The first kappa shape index (κ1) is 15.8. The van der Waals surface area contributed by atoms with Crippen LogP contribution < -0.4 is 5.32 Å². The number of fused-ring (bicyclic) bond motifs is 1. The average Bonchev–Trinajstić information content (AvgIpc) is 2.64. The topological polar surface area (TPSA) is 84.1 Å². The number of carbonyl (C=O) groups excluding carboxylic acids is 2. The van der Waals surface area contributed by atoms with Crippen molar-refractivity contribution in [3.8, 4) is 6.07 Å². The summed E-state index contributed by atoms with van der Waals surface area (Å²) in [7, 11) is 0. The van der Waals surface area contributed by atoms with Gasteiger partial charge in [-0.3, -0.25) is 4.79 Å². The predicted octanol–water partition coefficient (Wildman–Crippen LogP) is 2.37. The van der Waals surface area contributed by atoms with Crippen molar-refractivity contribution in [3.05, 3.63) is 28.6 Å². The maximum Gasteiger partial charge on any atom is 0.329 e. The lowest BCUT2D eigenvalue weighted by Gasteiger charge is -2.20. The molecule has 0 radical (unpaired) electrons. The van der Waals surface area contributed by atoms with Crippen LogP contribution in [0, 0.1) is 25.2 Å². The van der Waals surface area contributed by atoms with E-state index in [0.29, 0.717) is 17.0 Å². The second kappa shape index (κ2) is 6.06. The summed E-state index contributed by atoms with van der Waals surface area (Å²) in [5.74, 6) is 0.0226. The maximum atomic E-state index is 12.4. The van der Waals surface area contributed by atoms with E-state index in [0.717, 1.165) is 11.3 Å². The fourth-order valence-corrected chi connectivity index (χ4v) is 2.68. The molecule has 1 N–H and O–H groups in total. The van der Waals surface area contributed by atoms with Crippen molar-refractivity contribution in [2.24, 2.45) is 0 Å². The molecule has 22 heavy (non-hydrogen) atoms. The van der Waals surface area contributed by atoms with Crippen molar-refractivity contribution < 1.29 is 14.3 Å². The van der Waals surface area contributed by atoms with Gasteiger partial charge in [-0.15, -0.1) is 0 Å². The smallest absolute Gasteiger partial charge is 0.329 e. The van der Waals surface area contributed by atoms with Crippen LogP contribution in [0.4, 0.5) is 5.82 Å². The Morgan fingerprint density at radius 1 is 1.50 bits per heavy atom. The van der Waals surface area contributed by atoms with Gasteiger partial charge in [0, 0.05) is 23.9 Å². The molecule has 6 nitrogen and oxygen atoms in total. The SMILES string of the molecule is CCOC(=O)C1CC(C(C)=O)=CNc2c(C#N)c(C)c(C)n21. The number of Topliss-reactive ketones (excluding diaryl/α,β-unsaturated/α-hetero) is 1. The van der Waals surface area contributed by atoms with Crippen molar-refractivity contribution in [2.75, 3.05) is 11.9 Å². The zero-order chi connectivity index (χ0) is 16.4. The molecule has 1 aliphatic rings. The zero-order valence-electron chi connectivity index (χ0n) is 13.2.